The minimum absolute atomic E-state index is 0.0812. The van der Waals surface area contributed by atoms with Crippen molar-refractivity contribution in [2.45, 2.75) is 38.6 Å². The van der Waals surface area contributed by atoms with E-state index in [1.54, 1.807) is 6.20 Å². The molecule has 1 aromatic rings. The molecule has 0 saturated carbocycles. The van der Waals surface area contributed by atoms with E-state index < -0.39 is 5.97 Å². The standard InChI is InChI=1S/C14H21N3O3/c1-9(2)13-15-8-11(12(16-13)14(18)19)17(3)10-4-6-20-7-5-10/h8-10H,4-7H2,1-3H3,(H,18,19). The first-order valence-electron chi connectivity index (χ1n) is 6.91. The van der Waals surface area contributed by atoms with Crippen molar-refractivity contribution in [2.75, 3.05) is 25.2 Å². The number of aromatic nitrogens is 2. The lowest BCUT2D eigenvalue weighted by atomic mass is 10.1. The van der Waals surface area contributed by atoms with Crippen molar-refractivity contribution in [2.24, 2.45) is 0 Å². The van der Waals surface area contributed by atoms with Gasteiger partial charge in [-0.3, -0.25) is 0 Å². The molecule has 0 aliphatic carbocycles. The van der Waals surface area contributed by atoms with Gasteiger partial charge in [0.15, 0.2) is 5.69 Å². The minimum Gasteiger partial charge on any atom is -0.476 e. The zero-order valence-corrected chi connectivity index (χ0v) is 12.2. The van der Waals surface area contributed by atoms with E-state index in [1.807, 2.05) is 25.8 Å². The van der Waals surface area contributed by atoms with Gasteiger partial charge < -0.3 is 14.7 Å². The van der Waals surface area contributed by atoms with E-state index in [2.05, 4.69) is 9.97 Å². The summed E-state index contributed by atoms with van der Waals surface area (Å²) in [5.41, 5.74) is 0.659. The van der Waals surface area contributed by atoms with Gasteiger partial charge in [0.25, 0.3) is 0 Å². The quantitative estimate of drug-likeness (QED) is 0.907. The highest BCUT2D eigenvalue weighted by molar-refractivity contribution is 5.92. The van der Waals surface area contributed by atoms with Crippen LogP contribution < -0.4 is 4.90 Å². The van der Waals surface area contributed by atoms with E-state index in [-0.39, 0.29) is 17.7 Å². The Bertz CT molecular complexity index is 485. The van der Waals surface area contributed by atoms with Crippen molar-refractivity contribution < 1.29 is 14.6 Å². The summed E-state index contributed by atoms with van der Waals surface area (Å²) in [5.74, 6) is -0.342. The summed E-state index contributed by atoms with van der Waals surface area (Å²) in [5, 5.41) is 9.38. The normalized spacial score (nSPS) is 16.4. The van der Waals surface area contributed by atoms with Gasteiger partial charge in [-0.25, -0.2) is 14.8 Å². The minimum atomic E-state index is -1.01. The fourth-order valence-electron chi connectivity index (χ4n) is 2.35. The molecule has 20 heavy (non-hydrogen) atoms. The number of anilines is 1. The molecule has 0 spiro atoms. The zero-order valence-electron chi connectivity index (χ0n) is 12.2. The van der Waals surface area contributed by atoms with Crippen molar-refractivity contribution in [3.05, 3.63) is 17.7 Å². The molecule has 0 unspecified atom stereocenters. The van der Waals surface area contributed by atoms with E-state index in [0.29, 0.717) is 24.7 Å². The molecule has 0 atom stereocenters. The van der Waals surface area contributed by atoms with E-state index >= 15 is 0 Å². The van der Waals surface area contributed by atoms with Gasteiger partial charge in [-0.1, -0.05) is 13.8 Å². The van der Waals surface area contributed by atoms with Crippen LogP contribution in [-0.4, -0.2) is 47.3 Å². The van der Waals surface area contributed by atoms with Crippen LogP contribution in [0.1, 0.15) is 48.9 Å². The van der Waals surface area contributed by atoms with Gasteiger partial charge in [-0.2, -0.15) is 0 Å². The molecule has 6 heteroatoms. The highest BCUT2D eigenvalue weighted by atomic mass is 16.5. The van der Waals surface area contributed by atoms with Crippen LogP contribution in [0.4, 0.5) is 5.69 Å². The average molecular weight is 279 g/mol. The average Bonchev–Trinajstić information content (AvgIpc) is 2.46. The van der Waals surface area contributed by atoms with Gasteiger partial charge in [0, 0.05) is 32.2 Å². The Morgan fingerprint density at radius 1 is 1.45 bits per heavy atom. The SMILES string of the molecule is CC(C)c1ncc(N(C)C2CCOCC2)c(C(=O)O)n1. The van der Waals surface area contributed by atoms with E-state index in [1.165, 1.54) is 0 Å². The summed E-state index contributed by atoms with van der Waals surface area (Å²) >= 11 is 0. The van der Waals surface area contributed by atoms with Crippen LogP contribution in [-0.2, 0) is 4.74 Å². The second-order valence-electron chi connectivity index (χ2n) is 5.38. The van der Waals surface area contributed by atoms with E-state index in [4.69, 9.17) is 4.74 Å². The monoisotopic (exact) mass is 279 g/mol. The molecule has 1 saturated heterocycles. The molecular weight excluding hydrogens is 258 g/mol. The Hall–Kier alpha value is -1.69. The summed E-state index contributed by atoms with van der Waals surface area (Å²) in [6.07, 6.45) is 3.41. The summed E-state index contributed by atoms with van der Waals surface area (Å²) < 4.78 is 5.34. The summed E-state index contributed by atoms with van der Waals surface area (Å²) in [7, 11) is 1.90. The Labute approximate surface area is 118 Å². The maximum Gasteiger partial charge on any atom is 0.356 e. The molecule has 1 fully saturated rings. The Balaban J connectivity index is 2.31. The highest BCUT2D eigenvalue weighted by Crippen LogP contribution is 2.24. The topological polar surface area (TPSA) is 75.6 Å². The van der Waals surface area contributed by atoms with Crippen molar-refractivity contribution in [3.8, 4) is 0 Å². The van der Waals surface area contributed by atoms with Crippen molar-refractivity contribution in [1.82, 2.24) is 9.97 Å². The molecule has 1 aliphatic heterocycles. The lowest BCUT2D eigenvalue weighted by Gasteiger charge is -2.33. The molecule has 0 radical (unpaired) electrons. The molecule has 110 valence electrons. The fourth-order valence-corrected chi connectivity index (χ4v) is 2.35. The van der Waals surface area contributed by atoms with Crippen molar-refractivity contribution >= 4 is 11.7 Å². The van der Waals surface area contributed by atoms with Crippen molar-refractivity contribution in [3.63, 3.8) is 0 Å². The van der Waals surface area contributed by atoms with Gasteiger partial charge in [0.05, 0.1) is 11.9 Å². The number of carboxylic acid groups (broad SMARTS) is 1. The van der Waals surface area contributed by atoms with E-state index in [9.17, 15) is 9.90 Å². The second-order valence-corrected chi connectivity index (χ2v) is 5.38. The maximum atomic E-state index is 11.4. The summed E-state index contributed by atoms with van der Waals surface area (Å²) in [6, 6.07) is 0.273. The number of carboxylic acids is 1. The molecule has 0 aromatic carbocycles. The summed E-state index contributed by atoms with van der Waals surface area (Å²) in [4.78, 5) is 21.9. The lowest BCUT2D eigenvalue weighted by Crippen LogP contribution is -2.37. The third-order valence-corrected chi connectivity index (χ3v) is 3.63. The predicted octanol–water partition coefficient (Wildman–Crippen LogP) is 1.91. The smallest absolute Gasteiger partial charge is 0.356 e. The zero-order chi connectivity index (χ0) is 14.7. The molecule has 2 rings (SSSR count). The fraction of sp³-hybridized carbons (Fsp3) is 0.643. The van der Waals surface area contributed by atoms with Gasteiger partial charge >= 0.3 is 5.97 Å². The van der Waals surface area contributed by atoms with Crippen molar-refractivity contribution in [1.29, 1.82) is 0 Å². The predicted molar refractivity (Wildman–Crippen MR) is 75.3 cm³/mol. The summed E-state index contributed by atoms with van der Waals surface area (Å²) in [6.45, 7) is 5.32. The molecule has 2 heterocycles. The first-order valence-corrected chi connectivity index (χ1v) is 6.91. The number of nitrogens with zero attached hydrogens (tertiary/aromatic N) is 3. The van der Waals surface area contributed by atoms with Crippen LogP contribution >= 0.6 is 0 Å². The maximum absolute atomic E-state index is 11.4. The molecule has 0 amide bonds. The molecule has 6 nitrogen and oxygen atoms in total. The van der Waals surface area contributed by atoms with Crippen LogP contribution in [0.25, 0.3) is 0 Å². The first kappa shape index (κ1) is 14.7. The van der Waals surface area contributed by atoms with Gasteiger partial charge in [0.2, 0.25) is 0 Å². The largest absolute Gasteiger partial charge is 0.476 e. The lowest BCUT2D eigenvalue weighted by molar-refractivity contribution is 0.0689. The molecule has 1 aromatic heterocycles. The van der Waals surface area contributed by atoms with E-state index in [0.717, 1.165) is 12.8 Å². The van der Waals surface area contributed by atoms with Crippen LogP contribution in [0.5, 0.6) is 0 Å². The third-order valence-electron chi connectivity index (χ3n) is 3.63. The van der Waals surface area contributed by atoms with Gasteiger partial charge in [-0.05, 0) is 12.8 Å². The third kappa shape index (κ3) is 3.07. The first-order chi connectivity index (χ1) is 9.50. The number of hydrogen-bond donors (Lipinski definition) is 1. The van der Waals surface area contributed by atoms with Gasteiger partial charge in [-0.15, -0.1) is 0 Å². The van der Waals surface area contributed by atoms with Crippen LogP contribution in [0.15, 0.2) is 6.20 Å². The molecule has 0 bridgehead atoms. The number of carbonyl (C=O) groups is 1. The number of hydrogen-bond acceptors (Lipinski definition) is 5. The molecule has 1 N–H and O–H groups in total. The highest BCUT2D eigenvalue weighted by Gasteiger charge is 2.24. The second kappa shape index (κ2) is 6.17. The van der Waals surface area contributed by atoms with Crippen LogP contribution in [0.2, 0.25) is 0 Å². The van der Waals surface area contributed by atoms with Crippen LogP contribution in [0.3, 0.4) is 0 Å². The Morgan fingerprint density at radius 3 is 2.65 bits per heavy atom. The molecular formula is C14H21N3O3. The number of rotatable bonds is 4. The molecule has 1 aliphatic rings. The Morgan fingerprint density at radius 2 is 2.10 bits per heavy atom. The number of ether oxygens (including phenoxy) is 1. The van der Waals surface area contributed by atoms with Gasteiger partial charge in [0.1, 0.15) is 5.82 Å². The Kier molecular flexibility index (Phi) is 4.54. The van der Waals surface area contributed by atoms with Crippen LogP contribution in [0, 0.1) is 0 Å². The number of aromatic carboxylic acids is 1.